The molecule has 2 N–H and O–H groups in total. The summed E-state index contributed by atoms with van der Waals surface area (Å²) in [6.07, 6.45) is 1.02. The number of hydrogen-bond acceptors (Lipinski definition) is 2. The monoisotopic (exact) mass is 212 g/mol. The summed E-state index contributed by atoms with van der Waals surface area (Å²) in [7, 11) is 0. The van der Waals surface area contributed by atoms with Gasteiger partial charge in [0.25, 0.3) is 0 Å². The first-order chi connectivity index (χ1) is 6.66. The van der Waals surface area contributed by atoms with Gasteiger partial charge in [0, 0.05) is 10.4 Å². The second-order valence-corrected chi connectivity index (χ2v) is 4.44. The fraction of sp³-hybridized carbons (Fsp3) is 0.455. The Bertz CT molecular complexity index is 315. The summed E-state index contributed by atoms with van der Waals surface area (Å²) in [6.45, 7) is 0.0890. The minimum absolute atomic E-state index is 0.0890. The van der Waals surface area contributed by atoms with Gasteiger partial charge >= 0.3 is 0 Å². The highest BCUT2D eigenvalue weighted by Crippen LogP contribution is 2.43. The smallest absolute Gasteiger partial charge is 0.0559 e. The Morgan fingerprint density at radius 1 is 1.29 bits per heavy atom. The normalized spacial score (nSPS) is 31.2. The van der Waals surface area contributed by atoms with E-state index in [1.54, 1.807) is 0 Å². The molecule has 0 saturated heterocycles. The van der Waals surface area contributed by atoms with E-state index in [-0.39, 0.29) is 18.1 Å². The van der Waals surface area contributed by atoms with Crippen LogP contribution in [0.4, 0.5) is 0 Å². The van der Waals surface area contributed by atoms with Crippen LogP contribution in [0.3, 0.4) is 0 Å². The van der Waals surface area contributed by atoms with Crippen LogP contribution >= 0.6 is 11.6 Å². The summed E-state index contributed by atoms with van der Waals surface area (Å²) in [5.74, 6) is 0. The van der Waals surface area contributed by atoms with Crippen LogP contribution in [0.2, 0.25) is 5.02 Å². The van der Waals surface area contributed by atoms with Crippen molar-refractivity contribution in [1.29, 1.82) is 0 Å². The first-order valence-electron chi connectivity index (χ1n) is 4.71. The standard InChI is InChI=1S/C11H13ClO2/c12-9-3-1-8(2-4-9)11(7-13)5-10(14)6-11/h1-4,10,13-14H,5-7H2. The average Bonchev–Trinajstić information content (AvgIpc) is 2.14. The Balaban J connectivity index is 2.25. The van der Waals surface area contributed by atoms with Gasteiger partial charge in [0.15, 0.2) is 0 Å². The molecule has 0 aliphatic heterocycles. The lowest BCUT2D eigenvalue weighted by molar-refractivity contribution is -0.0124. The maximum Gasteiger partial charge on any atom is 0.0559 e. The van der Waals surface area contributed by atoms with Crippen molar-refractivity contribution in [2.75, 3.05) is 6.61 Å². The summed E-state index contributed by atoms with van der Waals surface area (Å²) >= 11 is 5.78. The van der Waals surface area contributed by atoms with Crippen molar-refractivity contribution in [3.63, 3.8) is 0 Å². The Hall–Kier alpha value is -0.570. The lowest BCUT2D eigenvalue weighted by atomic mass is 9.63. The third kappa shape index (κ3) is 1.54. The maximum atomic E-state index is 9.33. The molecule has 2 rings (SSSR count). The van der Waals surface area contributed by atoms with Gasteiger partial charge in [0.05, 0.1) is 12.7 Å². The lowest BCUT2D eigenvalue weighted by Gasteiger charge is -2.44. The molecule has 3 heteroatoms. The number of benzene rings is 1. The molecule has 0 atom stereocenters. The second kappa shape index (κ2) is 3.54. The van der Waals surface area contributed by atoms with E-state index >= 15 is 0 Å². The van der Waals surface area contributed by atoms with Gasteiger partial charge in [-0.1, -0.05) is 23.7 Å². The highest BCUT2D eigenvalue weighted by Gasteiger charge is 2.44. The molecule has 0 bridgehead atoms. The first-order valence-corrected chi connectivity index (χ1v) is 5.09. The molecule has 0 spiro atoms. The quantitative estimate of drug-likeness (QED) is 0.784. The third-order valence-corrected chi connectivity index (χ3v) is 3.26. The van der Waals surface area contributed by atoms with E-state index in [1.165, 1.54) is 0 Å². The molecule has 2 nitrogen and oxygen atoms in total. The van der Waals surface area contributed by atoms with E-state index < -0.39 is 0 Å². The molecule has 0 radical (unpaired) electrons. The zero-order valence-electron chi connectivity index (χ0n) is 7.78. The van der Waals surface area contributed by atoms with Crippen LogP contribution in [-0.2, 0) is 5.41 Å². The summed E-state index contributed by atoms with van der Waals surface area (Å²) in [5.41, 5.74) is 0.832. The minimum atomic E-state index is -0.266. The van der Waals surface area contributed by atoms with Gasteiger partial charge in [-0.15, -0.1) is 0 Å². The predicted molar refractivity (Wildman–Crippen MR) is 55.5 cm³/mol. The largest absolute Gasteiger partial charge is 0.395 e. The van der Waals surface area contributed by atoms with Crippen LogP contribution < -0.4 is 0 Å². The van der Waals surface area contributed by atoms with Crippen molar-refractivity contribution < 1.29 is 10.2 Å². The van der Waals surface area contributed by atoms with Crippen molar-refractivity contribution in [3.05, 3.63) is 34.9 Å². The number of aliphatic hydroxyl groups excluding tert-OH is 2. The van der Waals surface area contributed by atoms with Crippen LogP contribution in [0.1, 0.15) is 18.4 Å². The van der Waals surface area contributed by atoms with E-state index in [2.05, 4.69) is 0 Å². The van der Waals surface area contributed by atoms with Crippen molar-refractivity contribution in [1.82, 2.24) is 0 Å². The SMILES string of the molecule is OCC1(c2ccc(Cl)cc2)CC(O)C1. The van der Waals surface area contributed by atoms with Gasteiger partial charge < -0.3 is 10.2 Å². The van der Waals surface area contributed by atoms with E-state index in [0.29, 0.717) is 17.9 Å². The molecular weight excluding hydrogens is 200 g/mol. The van der Waals surface area contributed by atoms with Crippen LogP contribution in [-0.4, -0.2) is 22.9 Å². The number of rotatable bonds is 2. The van der Waals surface area contributed by atoms with E-state index in [1.807, 2.05) is 24.3 Å². The van der Waals surface area contributed by atoms with Crippen LogP contribution in [0.25, 0.3) is 0 Å². The van der Waals surface area contributed by atoms with Crippen molar-refractivity contribution in [2.24, 2.45) is 0 Å². The Morgan fingerprint density at radius 3 is 2.29 bits per heavy atom. The highest BCUT2D eigenvalue weighted by atomic mass is 35.5. The topological polar surface area (TPSA) is 40.5 Å². The molecule has 1 aliphatic carbocycles. The Labute approximate surface area is 88.1 Å². The van der Waals surface area contributed by atoms with Gasteiger partial charge in [-0.25, -0.2) is 0 Å². The molecule has 0 heterocycles. The van der Waals surface area contributed by atoms with E-state index in [4.69, 9.17) is 11.6 Å². The molecule has 1 saturated carbocycles. The van der Waals surface area contributed by atoms with Gasteiger partial charge in [-0.05, 0) is 30.5 Å². The molecule has 0 aromatic heterocycles. The van der Waals surface area contributed by atoms with Crippen LogP contribution in [0.15, 0.2) is 24.3 Å². The van der Waals surface area contributed by atoms with Gasteiger partial charge in [0.2, 0.25) is 0 Å². The molecule has 1 aliphatic rings. The number of aliphatic hydroxyl groups is 2. The summed E-state index contributed by atoms with van der Waals surface area (Å²) in [6, 6.07) is 7.48. The fourth-order valence-electron chi connectivity index (χ4n) is 2.10. The number of halogens is 1. The van der Waals surface area contributed by atoms with Gasteiger partial charge in [-0.2, -0.15) is 0 Å². The Morgan fingerprint density at radius 2 is 1.86 bits per heavy atom. The zero-order chi connectivity index (χ0) is 10.2. The number of hydrogen-bond donors (Lipinski definition) is 2. The molecule has 0 unspecified atom stereocenters. The van der Waals surface area contributed by atoms with Crippen LogP contribution in [0, 0.1) is 0 Å². The maximum absolute atomic E-state index is 9.33. The molecule has 14 heavy (non-hydrogen) atoms. The highest BCUT2D eigenvalue weighted by molar-refractivity contribution is 6.30. The third-order valence-electron chi connectivity index (χ3n) is 3.01. The first kappa shape index (κ1) is 9.97. The molecule has 1 aromatic carbocycles. The molecule has 0 amide bonds. The molecule has 1 aromatic rings. The summed E-state index contributed by atoms with van der Waals surface area (Å²) in [5, 5.41) is 19.3. The van der Waals surface area contributed by atoms with Crippen molar-refractivity contribution in [3.8, 4) is 0 Å². The molecule has 76 valence electrons. The second-order valence-electron chi connectivity index (χ2n) is 4.01. The van der Waals surface area contributed by atoms with Crippen molar-refractivity contribution >= 4 is 11.6 Å². The van der Waals surface area contributed by atoms with Crippen LogP contribution in [0.5, 0.6) is 0 Å². The minimum Gasteiger partial charge on any atom is -0.395 e. The van der Waals surface area contributed by atoms with E-state index in [0.717, 1.165) is 5.56 Å². The van der Waals surface area contributed by atoms with Crippen molar-refractivity contribution in [2.45, 2.75) is 24.4 Å². The predicted octanol–water partition coefficient (Wildman–Crippen LogP) is 1.72. The summed E-state index contributed by atoms with van der Waals surface area (Å²) < 4.78 is 0. The van der Waals surface area contributed by atoms with E-state index in [9.17, 15) is 10.2 Å². The summed E-state index contributed by atoms with van der Waals surface area (Å²) in [4.78, 5) is 0. The fourth-order valence-corrected chi connectivity index (χ4v) is 2.23. The Kier molecular flexibility index (Phi) is 2.52. The zero-order valence-corrected chi connectivity index (χ0v) is 8.54. The van der Waals surface area contributed by atoms with Gasteiger partial charge in [0.1, 0.15) is 0 Å². The average molecular weight is 213 g/mol. The molecule has 1 fully saturated rings. The van der Waals surface area contributed by atoms with Gasteiger partial charge in [-0.3, -0.25) is 0 Å². The molecular formula is C11H13ClO2. The lowest BCUT2D eigenvalue weighted by Crippen LogP contribution is -2.47.